The molecule has 2 atom stereocenters. The number of hydrogen-bond acceptors (Lipinski definition) is 0. The van der Waals surface area contributed by atoms with Crippen molar-refractivity contribution in [2.24, 2.45) is 11.3 Å². The lowest BCUT2D eigenvalue weighted by molar-refractivity contribution is 0.288. The molecule has 1 heteroatoms. The van der Waals surface area contributed by atoms with Crippen molar-refractivity contribution >= 4 is 9.24 Å². The second kappa shape index (κ2) is 2.82. The fourth-order valence-electron chi connectivity index (χ4n) is 0.354. The van der Waals surface area contributed by atoms with Crippen molar-refractivity contribution in [2.45, 2.75) is 27.7 Å². The lowest BCUT2D eigenvalue weighted by Gasteiger charge is -2.25. The zero-order valence-corrected chi connectivity index (χ0v) is 7.52. The monoisotopic (exact) mass is 132 g/mol. The Kier molecular flexibility index (Phi) is 2.98. The molecule has 0 radical (unpaired) electrons. The molecule has 0 aromatic carbocycles. The lowest BCUT2D eigenvalue weighted by Crippen LogP contribution is -2.17. The summed E-state index contributed by atoms with van der Waals surface area (Å²) in [5, 5.41) is 0. The summed E-state index contributed by atoms with van der Waals surface area (Å²) in [5.74, 6) is 0.812. The van der Waals surface area contributed by atoms with Crippen LogP contribution in [0.25, 0.3) is 0 Å². The van der Waals surface area contributed by atoms with Crippen molar-refractivity contribution in [1.29, 1.82) is 0 Å². The van der Waals surface area contributed by atoms with Gasteiger partial charge in [0.1, 0.15) is 0 Å². The van der Waals surface area contributed by atoms with Crippen LogP contribution in [0.3, 0.4) is 0 Å². The van der Waals surface area contributed by atoms with E-state index in [1.807, 2.05) is 0 Å². The van der Waals surface area contributed by atoms with Gasteiger partial charge in [-0.1, -0.05) is 27.7 Å². The molecule has 0 heterocycles. The van der Waals surface area contributed by atoms with E-state index < -0.39 is 0 Å². The van der Waals surface area contributed by atoms with Crippen LogP contribution >= 0.6 is 9.24 Å². The van der Waals surface area contributed by atoms with Crippen LogP contribution in [0, 0.1) is 11.3 Å². The minimum atomic E-state index is 0.488. The first-order valence-corrected chi connectivity index (χ1v) is 4.00. The normalized spacial score (nSPS) is 16.1. The Hall–Kier alpha value is 0.430. The maximum Gasteiger partial charge on any atom is -0.0350 e. The Labute approximate surface area is 55.3 Å². The Morgan fingerprint density at radius 3 is 1.75 bits per heavy atom. The molecule has 0 fully saturated rings. The minimum absolute atomic E-state index is 0.488. The molecule has 0 saturated carbocycles. The van der Waals surface area contributed by atoms with Crippen molar-refractivity contribution < 1.29 is 0 Å². The first-order chi connectivity index (χ1) is 3.48. The van der Waals surface area contributed by atoms with Gasteiger partial charge in [0.25, 0.3) is 0 Å². The molecule has 0 aromatic heterocycles. The van der Waals surface area contributed by atoms with E-state index in [-0.39, 0.29) is 0 Å². The Balaban J connectivity index is 3.62. The highest BCUT2D eigenvalue weighted by Crippen LogP contribution is 2.26. The third kappa shape index (κ3) is 2.67. The first-order valence-electron chi connectivity index (χ1n) is 3.18. The standard InChI is InChI=1S/C7H17P/c1-6(5-8)7(2,3)4/h6H,5,8H2,1-4H3. The zero-order valence-electron chi connectivity index (χ0n) is 6.36. The maximum atomic E-state index is 2.78. The van der Waals surface area contributed by atoms with Crippen molar-refractivity contribution in [3.63, 3.8) is 0 Å². The van der Waals surface area contributed by atoms with Crippen LogP contribution in [0.15, 0.2) is 0 Å². The Morgan fingerprint density at radius 2 is 1.75 bits per heavy atom. The molecule has 0 N–H and O–H groups in total. The van der Waals surface area contributed by atoms with Gasteiger partial charge in [0.05, 0.1) is 0 Å². The fourth-order valence-corrected chi connectivity index (χ4v) is 1.06. The predicted molar refractivity (Wildman–Crippen MR) is 43.2 cm³/mol. The lowest BCUT2D eigenvalue weighted by atomic mass is 9.83. The van der Waals surface area contributed by atoms with E-state index in [0.717, 1.165) is 5.92 Å². The second-order valence-corrected chi connectivity index (χ2v) is 3.97. The molecule has 0 nitrogen and oxygen atoms in total. The molecule has 0 aliphatic rings. The smallest absolute Gasteiger partial charge is 0.0350 e. The van der Waals surface area contributed by atoms with Crippen molar-refractivity contribution in [3.05, 3.63) is 0 Å². The van der Waals surface area contributed by atoms with Gasteiger partial charge in [-0.2, -0.15) is 0 Å². The van der Waals surface area contributed by atoms with Gasteiger partial charge in [0, 0.05) is 0 Å². The summed E-state index contributed by atoms with van der Waals surface area (Å²) in [6, 6.07) is 0. The Morgan fingerprint density at radius 1 is 1.38 bits per heavy atom. The van der Waals surface area contributed by atoms with E-state index in [1.165, 1.54) is 6.16 Å². The second-order valence-electron chi connectivity index (χ2n) is 3.50. The fraction of sp³-hybridized carbons (Fsp3) is 1.00. The van der Waals surface area contributed by atoms with Gasteiger partial charge in [-0.3, -0.25) is 0 Å². The van der Waals surface area contributed by atoms with Crippen LogP contribution in [-0.2, 0) is 0 Å². The molecule has 50 valence electrons. The molecule has 2 unspecified atom stereocenters. The molecule has 0 spiro atoms. The summed E-state index contributed by atoms with van der Waals surface area (Å²) in [6.45, 7) is 9.12. The number of hydrogen-bond donors (Lipinski definition) is 0. The van der Waals surface area contributed by atoms with Gasteiger partial charge in [-0.15, -0.1) is 9.24 Å². The van der Waals surface area contributed by atoms with Crippen molar-refractivity contribution in [1.82, 2.24) is 0 Å². The molecule has 0 aliphatic heterocycles. The van der Waals surface area contributed by atoms with Crippen molar-refractivity contribution in [3.8, 4) is 0 Å². The highest BCUT2D eigenvalue weighted by Gasteiger charge is 2.17. The van der Waals surface area contributed by atoms with Gasteiger partial charge in [-0.25, -0.2) is 0 Å². The minimum Gasteiger partial charge on any atom is -0.137 e. The Bertz CT molecular complexity index is 61.3. The van der Waals surface area contributed by atoms with Crippen LogP contribution in [0.4, 0.5) is 0 Å². The summed E-state index contributed by atoms with van der Waals surface area (Å²) < 4.78 is 0. The summed E-state index contributed by atoms with van der Waals surface area (Å²) in [4.78, 5) is 0. The van der Waals surface area contributed by atoms with Gasteiger partial charge in [0.2, 0.25) is 0 Å². The summed E-state index contributed by atoms with van der Waals surface area (Å²) in [5.41, 5.74) is 0.488. The van der Waals surface area contributed by atoms with E-state index >= 15 is 0 Å². The van der Waals surface area contributed by atoms with Crippen LogP contribution in [0.5, 0.6) is 0 Å². The quantitative estimate of drug-likeness (QED) is 0.481. The van der Waals surface area contributed by atoms with E-state index in [1.54, 1.807) is 0 Å². The molecule has 0 aliphatic carbocycles. The number of rotatable bonds is 1. The predicted octanol–water partition coefficient (Wildman–Crippen LogP) is 2.54. The van der Waals surface area contributed by atoms with Gasteiger partial charge in [0.15, 0.2) is 0 Å². The third-order valence-electron chi connectivity index (χ3n) is 1.83. The molecule has 8 heavy (non-hydrogen) atoms. The molecular formula is C7H17P. The summed E-state index contributed by atoms with van der Waals surface area (Å²) in [7, 11) is 2.78. The SMILES string of the molecule is CC(CP)C(C)(C)C. The molecule has 0 bridgehead atoms. The van der Waals surface area contributed by atoms with Gasteiger partial charge < -0.3 is 0 Å². The van der Waals surface area contributed by atoms with Gasteiger partial charge >= 0.3 is 0 Å². The average Bonchev–Trinajstić information content (AvgIpc) is 1.62. The molecule has 0 rings (SSSR count). The highest BCUT2D eigenvalue weighted by molar-refractivity contribution is 7.16. The van der Waals surface area contributed by atoms with Crippen LogP contribution in [-0.4, -0.2) is 6.16 Å². The summed E-state index contributed by atoms with van der Waals surface area (Å²) in [6.07, 6.45) is 1.21. The van der Waals surface area contributed by atoms with Crippen LogP contribution < -0.4 is 0 Å². The van der Waals surface area contributed by atoms with E-state index in [2.05, 4.69) is 36.9 Å². The summed E-state index contributed by atoms with van der Waals surface area (Å²) >= 11 is 0. The van der Waals surface area contributed by atoms with E-state index in [4.69, 9.17) is 0 Å². The van der Waals surface area contributed by atoms with E-state index in [0.29, 0.717) is 5.41 Å². The molecule has 0 saturated heterocycles. The van der Waals surface area contributed by atoms with Crippen LogP contribution in [0.2, 0.25) is 0 Å². The van der Waals surface area contributed by atoms with Gasteiger partial charge in [-0.05, 0) is 17.5 Å². The molecule has 0 amide bonds. The highest BCUT2D eigenvalue weighted by atomic mass is 31.0. The van der Waals surface area contributed by atoms with Crippen molar-refractivity contribution in [2.75, 3.05) is 6.16 Å². The zero-order chi connectivity index (χ0) is 6.78. The third-order valence-corrected chi connectivity index (χ3v) is 2.54. The molecule has 0 aromatic rings. The van der Waals surface area contributed by atoms with Crippen LogP contribution in [0.1, 0.15) is 27.7 Å². The molecular weight excluding hydrogens is 115 g/mol. The first kappa shape index (κ1) is 8.43. The largest absolute Gasteiger partial charge is 0.137 e. The average molecular weight is 132 g/mol. The maximum absolute atomic E-state index is 2.78. The topological polar surface area (TPSA) is 0 Å². The van der Waals surface area contributed by atoms with E-state index in [9.17, 15) is 0 Å².